The van der Waals surface area contributed by atoms with Crippen molar-refractivity contribution >= 4 is 5.95 Å². The molecule has 18 heavy (non-hydrogen) atoms. The van der Waals surface area contributed by atoms with Crippen LogP contribution < -0.4 is 5.32 Å². The summed E-state index contributed by atoms with van der Waals surface area (Å²) in [6.07, 6.45) is 1.52. The third kappa shape index (κ3) is 2.05. The number of benzene rings is 1. The minimum atomic E-state index is 0.504. The average molecular weight is 242 g/mol. The summed E-state index contributed by atoms with van der Waals surface area (Å²) in [5.41, 5.74) is 1.68. The summed E-state index contributed by atoms with van der Waals surface area (Å²) in [5.74, 6) is 0.559. The quantitative estimate of drug-likeness (QED) is 0.741. The number of nitrogens with one attached hydrogen (secondary N) is 1. The van der Waals surface area contributed by atoms with E-state index in [0.717, 1.165) is 11.4 Å². The van der Waals surface area contributed by atoms with E-state index in [2.05, 4.69) is 26.0 Å². The second-order valence-electron chi connectivity index (χ2n) is 3.59. The van der Waals surface area contributed by atoms with Crippen molar-refractivity contribution in [3.05, 3.63) is 48.4 Å². The zero-order valence-corrected chi connectivity index (χ0v) is 9.39. The maximum Gasteiger partial charge on any atom is 0.248 e. The van der Waals surface area contributed by atoms with Gasteiger partial charge in [-0.05, 0) is 22.6 Å². The lowest BCUT2D eigenvalue weighted by Crippen LogP contribution is -2.07. The molecule has 0 spiro atoms. The number of rotatable bonds is 4. The van der Waals surface area contributed by atoms with Crippen LogP contribution in [0.3, 0.4) is 0 Å². The second kappa shape index (κ2) is 4.66. The molecule has 2 aromatic heterocycles. The van der Waals surface area contributed by atoms with Crippen molar-refractivity contribution in [1.82, 2.24) is 25.4 Å². The van der Waals surface area contributed by atoms with Crippen LogP contribution in [0.2, 0.25) is 0 Å². The van der Waals surface area contributed by atoms with Gasteiger partial charge in [0, 0.05) is 6.07 Å². The topological polar surface area (TPSA) is 81.7 Å². The number of anilines is 1. The molecule has 0 atom stereocenters. The number of para-hydroxylation sites is 1. The van der Waals surface area contributed by atoms with Gasteiger partial charge in [0.15, 0.2) is 0 Å². The van der Waals surface area contributed by atoms with Gasteiger partial charge in [0.05, 0.1) is 12.2 Å². The summed E-state index contributed by atoms with van der Waals surface area (Å²) >= 11 is 0. The standard InChI is InChI=1S/C11H10N6O/c1-2-4-10(5-3-1)17-11(13-15-16-17)12-8-9-6-7-18-14-9/h1-7H,8H2,(H,12,13,16). The third-order valence-electron chi connectivity index (χ3n) is 2.39. The van der Waals surface area contributed by atoms with Crippen molar-refractivity contribution in [2.75, 3.05) is 5.32 Å². The summed E-state index contributed by atoms with van der Waals surface area (Å²) in [4.78, 5) is 0. The Hall–Kier alpha value is -2.70. The smallest absolute Gasteiger partial charge is 0.248 e. The van der Waals surface area contributed by atoms with E-state index in [1.807, 2.05) is 30.3 Å². The molecular weight excluding hydrogens is 232 g/mol. The molecule has 2 heterocycles. The predicted molar refractivity (Wildman–Crippen MR) is 63.0 cm³/mol. The third-order valence-corrected chi connectivity index (χ3v) is 2.39. The summed E-state index contributed by atoms with van der Waals surface area (Å²) in [5, 5.41) is 18.4. The maximum atomic E-state index is 4.75. The molecule has 1 N–H and O–H groups in total. The highest BCUT2D eigenvalue weighted by Gasteiger charge is 2.07. The van der Waals surface area contributed by atoms with Crippen LogP contribution in [0, 0.1) is 0 Å². The molecule has 0 bridgehead atoms. The Kier molecular flexibility index (Phi) is 2.71. The van der Waals surface area contributed by atoms with Gasteiger partial charge in [-0.2, -0.15) is 4.68 Å². The Bertz CT molecular complexity index is 604. The predicted octanol–water partition coefficient (Wildman–Crippen LogP) is 1.26. The molecule has 7 nitrogen and oxygen atoms in total. The van der Waals surface area contributed by atoms with Crippen LogP contribution in [0.15, 0.2) is 47.2 Å². The first kappa shape index (κ1) is 10.5. The number of aromatic nitrogens is 5. The second-order valence-corrected chi connectivity index (χ2v) is 3.59. The van der Waals surface area contributed by atoms with Gasteiger partial charge in [-0.3, -0.25) is 0 Å². The van der Waals surface area contributed by atoms with E-state index in [4.69, 9.17) is 4.52 Å². The fourth-order valence-corrected chi connectivity index (χ4v) is 1.54. The molecule has 0 aliphatic heterocycles. The molecule has 90 valence electrons. The molecule has 0 aliphatic carbocycles. The molecule has 3 rings (SSSR count). The van der Waals surface area contributed by atoms with Gasteiger partial charge < -0.3 is 9.84 Å². The highest BCUT2D eigenvalue weighted by atomic mass is 16.5. The minimum absolute atomic E-state index is 0.504. The Balaban J connectivity index is 1.80. The van der Waals surface area contributed by atoms with Crippen molar-refractivity contribution < 1.29 is 4.52 Å². The normalized spacial score (nSPS) is 10.4. The molecule has 7 heteroatoms. The molecule has 1 aromatic carbocycles. The molecule has 0 saturated carbocycles. The minimum Gasteiger partial charge on any atom is -0.364 e. The molecule has 3 aromatic rings. The van der Waals surface area contributed by atoms with Gasteiger partial charge in [0.2, 0.25) is 5.95 Å². The lowest BCUT2D eigenvalue weighted by molar-refractivity contribution is 0.412. The van der Waals surface area contributed by atoms with Crippen LogP contribution in [-0.2, 0) is 6.54 Å². The van der Waals surface area contributed by atoms with E-state index in [1.54, 1.807) is 10.7 Å². The first-order valence-corrected chi connectivity index (χ1v) is 5.40. The SMILES string of the molecule is c1ccc(-n2nnnc2NCc2ccon2)cc1. The van der Waals surface area contributed by atoms with Crippen LogP contribution in [0.1, 0.15) is 5.69 Å². The van der Waals surface area contributed by atoms with Crippen molar-refractivity contribution in [1.29, 1.82) is 0 Å². The van der Waals surface area contributed by atoms with Crippen LogP contribution in [0.25, 0.3) is 5.69 Å². The van der Waals surface area contributed by atoms with E-state index in [1.165, 1.54) is 6.26 Å². The van der Waals surface area contributed by atoms with Crippen LogP contribution in [-0.4, -0.2) is 25.4 Å². The van der Waals surface area contributed by atoms with E-state index in [0.29, 0.717) is 12.5 Å². The molecule has 0 amide bonds. The summed E-state index contributed by atoms with van der Waals surface area (Å²) in [6.45, 7) is 0.504. The van der Waals surface area contributed by atoms with Gasteiger partial charge in [-0.15, -0.1) is 0 Å². The number of tetrazole rings is 1. The molecule has 0 aliphatic rings. The summed E-state index contributed by atoms with van der Waals surface area (Å²) in [6, 6.07) is 11.4. The summed E-state index contributed by atoms with van der Waals surface area (Å²) in [7, 11) is 0. The lowest BCUT2D eigenvalue weighted by atomic mass is 10.3. The van der Waals surface area contributed by atoms with E-state index in [9.17, 15) is 0 Å². The molecule has 0 unspecified atom stereocenters. The number of nitrogens with zero attached hydrogens (tertiary/aromatic N) is 5. The molecule has 0 fully saturated rings. The Labute approximate surface area is 102 Å². The Morgan fingerprint density at radius 1 is 1.17 bits per heavy atom. The average Bonchev–Trinajstić information content (AvgIpc) is 3.09. The van der Waals surface area contributed by atoms with Crippen molar-refractivity contribution in [3.8, 4) is 5.69 Å². The lowest BCUT2D eigenvalue weighted by Gasteiger charge is -2.04. The van der Waals surface area contributed by atoms with Crippen molar-refractivity contribution in [2.45, 2.75) is 6.54 Å². The fraction of sp³-hybridized carbons (Fsp3) is 0.0909. The Morgan fingerprint density at radius 3 is 2.83 bits per heavy atom. The van der Waals surface area contributed by atoms with Crippen molar-refractivity contribution in [3.63, 3.8) is 0 Å². The first-order valence-electron chi connectivity index (χ1n) is 5.40. The highest BCUT2D eigenvalue weighted by Crippen LogP contribution is 2.11. The van der Waals surface area contributed by atoms with Gasteiger partial charge in [-0.25, -0.2) is 0 Å². The van der Waals surface area contributed by atoms with Gasteiger partial charge in [0.25, 0.3) is 0 Å². The number of hydrogen-bond acceptors (Lipinski definition) is 6. The molecular formula is C11H10N6O. The van der Waals surface area contributed by atoms with Crippen LogP contribution >= 0.6 is 0 Å². The van der Waals surface area contributed by atoms with Crippen LogP contribution in [0.4, 0.5) is 5.95 Å². The monoisotopic (exact) mass is 242 g/mol. The van der Waals surface area contributed by atoms with E-state index >= 15 is 0 Å². The Morgan fingerprint density at radius 2 is 2.06 bits per heavy atom. The van der Waals surface area contributed by atoms with Crippen molar-refractivity contribution in [2.24, 2.45) is 0 Å². The van der Waals surface area contributed by atoms with Gasteiger partial charge in [-0.1, -0.05) is 28.5 Å². The van der Waals surface area contributed by atoms with Gasteiger partial charge >= 0.3 is 0 Å². The van der Waals surface area contributed by atoms with E-state index < -0.39 is 0 Å². The van der Waals surface area contributed by atoms with Gasteiger partial charge in [0.1, 0.15) is 12.0 Å². The molecule has 0 radical (unpaired) electrons. The zero-order valence-electron chi connectivity index (χ0n) is 9.39. The largest absolute Gasteiger partial charge is 0.364 e. The summed E-state index contributed by atoms with van der Waals surface area (Å²) < 4.78 is 6.38. The zero-order chi connectivity index (χ0) is 12.2. The highest BCUT2D eigenvalue weighted by molar-refractivity contribution is 5.38. The first-order chi connectivity index (χ1) is 8.93. The maximum absolute atomic E-state index is 4.75. The number of hydrogen-bond donors (Lipinski definition) is 1. The fourth-order valence-electron chi connectivity index (χ4n) is 1.54. The van der Waals surface area contributed by atoms with Crippen LogP contribution in [0.5, 0.6) is 0 Å². The molecule has 0 saturated heterocycles. The van der Waals surface area contributed by atoms with E-state index in [-0.39, 0.29) is 0 Å².